The molecule has 0 aliphatic heterocycles. The summed E-state index contributed by atoms with van der Waals surface area (Å²) in [5.74, 6) is -1.02. The maximum atomic E-state index is 11.5. The number of ether oxygens (including phenoxy) is 2. The molecule has 0 aliphatic rings. The first-order valence-electron chi connectivity index (χ1n) is 5.14. The second-order valence-electron chi connectivity index (χ2n) is 2.99. The van der Waals surface area contributed by atoms with Crippen LogP contribution >= 0.6 is 0 Å². The first kappa shape index (κ1) is 15.8. The van der Waals surface area contributed by atoms with Gasteiger partial charge in [0.2, 0.25) is 0 Å². The Morgan fingerprint density at radius 2 is 1.29 bits per heavy atom. The van der Waals surface area contributed by atoms with Gasteiger partial charge in [0, 0.05) is 21.1 Å². The van der Waals surface area contributed by atoms with Crippen LogP contribution in [0.25, 0.3) is 0 Å². The van der Waals surface area contributed by atoms with E-state index in [0.29, 0.717) is 0 Å². The van der Waals surface area contributed by atoms with Crippen molar-refractivity contribution in [1.29, 1.82) is 0 Å². The van der Waals surface area contributed by atoms with Crippen LogP contribution in [0.15, 0.2) is 24.3 Å². The molecule has 0 atom stereocenters. The largest absolute Gasteiger partial charge is 0.462 e. The van der Waals surface area contributed by atoms with Crippen LogP contribution in [0.4, 0.5) is 0 Å². The molecular weight excluding hydrogens is 403 g/mol. The zero-order valence-electron chi connectivity index (χ0n) is 9.67. The normalized spacial score (nSPS) is 9.06. The van der Waals surface area contributed by atoms with Crippen LogP contribution in [-0.2, 0) is 30.5 Å². The zero-order chi connectivity index (χ0) is 12.0. The second-order valence-corrected chi connectivity index (χ2v) is 2.99. The Kier molecular flexibility index (Phi) is 7.47. The van der Waals surface area contributed by atoms with Crippen molar-refractivity contribution in [1.82, 2.24) is 0 Å². The van der Waals surface area contributed by atoms with Gasteiger partial charge >= 0.3 is 11.9 Å². The molecule has 1 aromatic carbocycles. The fourth-order valence-corrected chi connectivity index (χ4v) is 1.26. The second kappa shape index (κ2) is 8.02. The van der Waals surface area contributed by atoms with Crippen molar-refractivity contribution < 1.29 is 40.1 Å². The number of benzene rings is 1. The van der Waals surface area contributed by atoms with Crippen LogP contribution in [0, 0.1) is 0 Å². The molecule has 0 spiro atoms. The van der Waals surface area contributed by atoms with Gasteiger partial charge in [-0.05, 0) is 26.0 Å². The van der Waals surface area contributed by atoms with E-state index in [0.717, 1.165) is 0 Å². The van der Waals surface area contributed by atoms with Crippen LogP contribution in [0.2, 0.25) is 0 Å². The Balaban J connectivity index is 0.00000256. The third kappa shape index (κ3) is 4.31. The Morgan fingerprint density at radius 3 is 1.59 bits per heavy atom. The Labute approximate surface area is 115 Å². The van der Waals surface area contributed by atoms with E-state index in [1.807, 2.05) is 0 Å². The minimum Gasteiger partial charge on any atom is -0.462 e. The van der Waals surface area contributed by atoms with E-state index < -0.39 is 11.9 Å². The van der Waals surface area contributed by atoms with Gasteiger partial charge in [-0.1, -0.05) is 12.1 Å². The van der Waals surface area contributed by atoms with E-state index in [1.54, 1.807) is 38.1 Å². The van der Waals surface area contributed by atoms with Crippen molar-refractivity contribution in [3.63, 3.8) is 0 Å². The summed E-state index contributed by atoms with van der Waals surface area (Å²) in [5.41, 5.74) is 0.477. The van der Waals surface area contributed by atoms with Gasteiger partial charge in [-0.15, -0.1) is 0 Å². The molecule has 5 heteroatoms. The average Bonchev–Trinajstić information content (AvgIpc) is 2.30. The third-order valence-corrected chi connectivity index (χ3v) is 1.92. The minimum atomic E-state index is -0.508. The third-order valence-electron chi connectivity index (χ3n) is 1.92. The van der Waals surface area contributed by atoms with E-state index in [-0.39, 0.29) is 45.4 Å². The van der Waals surface area contributed by atoms with Gasteiger partial charge in [-0.3, -0.25) is 0 Å². The smallest absolute Gasteiger partial charge is 0.338 e. The fraction of sp³-hybridized carbons (Fsp3) is 0.333. The van der Waals surface area contributed by atoms with Crippen molar-refractivity contribution >= 4 is 11.9 Å². The van der Waals surface area contributed by atoms with Crippen molar-refractivity contribution in [3.8, 4) is 0 Å². The van der Waals surface area contributed by atoms with Gasteiger partial charge in [0.25, 0.3) is 0 Å². The summed E-state index contributed by atoms with van der Waals surface area (Å²) in [5, 5.41) is 0. The first-order valence-corrected chi connectivity index (χ1v) is 5.14. The summed E-state index contributed by atoms with van der Waals surface area (Å²) < 4.78 is 9.70. The number of hydrogen-bond donors (Lipinski definition) is 0. The van der Waals surface area contributed by atoms with Crippen LogP contribution in [0.1, 0.15) is 34.6 Å². The van der Waals surface area contributed by atoms with Crippen LogP contribution in [-0.4, -0.2) is 25.2 Å². The molecule has 0 bridgehead atoms. The molecule has 17 heavy (non-hydrogen) atoms. The summed E-state index contributed by atoms with van der Waals surface area (Å²) >= 11 is 0. The topological polar surface area (TPSA) is 52.6 Å². The molecule has 1 rings (SSSR count). The average molecular weight is 417 g/mol. The van der Waals surface area contributed by atoms with E-state index in [1.165, 1.54) is 0 Å². The summed E-state index contributed by atoms with van der Waals surface area (Å²) in [4.78, 5) is 23.1. The van der Waals surface area contributed by atoms with Crippen LogP contribution in [0.3, 0.4) is 0 Å². The molecule has 0 fully saturated rings. The molecule has 0 saturated heterocycles. The van der Waals surface area contributed by atoms with E-state index >= 15 is 0 Å². The predicted molar refractivity (Wildman–Crippen MR) is 58.4 cm³/mol. The maximum Gasteiger partial charge on any atom is 0.338 e. The molecule has 0 radical (unpaired) electrons. The van der Waals surface area contributed by atoms with Gasteiger partial charge in [-0.25, -0.2) is 9.59 Å². The van der Waals surface area contributed by atoms with Gasteiger partial charge in [0.15, 0.2) is 0 Å². The van der Waals surface area contributed by atoms with E-state index in [4.69, 9.17) is 9.47 Å². The molecule has 0 saturated carbocycles. The summed E-state index contributed by atoms with van der Waals surface area (Å²) in [6.07, 6.45) is 0. The molecule has 96 valence electrons. The molecular formula is C12H14O4Pt. The molecule has 0 N–H and O–H groups in total. The molecule has 4 nitrogen and oxygen atoms in total. The monoisotopic (exact) mass is 417 g/mol. The van der Waals surface area contributed by atoms with Crippen molar-refractivity contribution in [2.75, 3.05) is 13.2 Å². The minimum absolute atomic E-state index is 0. The molecule has 0 unspecified atom stereocenters. The maximum absolute atomic E-state index is 11.5. The number of esters is 2. The Hall–Kier alpha value is -1.15. The van der Waals surface area contributed by atoms with Crippen molar-refractivity contribution in [2.45, 2.75) is 13.8 Å². The molecule has 0 aliphatic carbocycles. The molecule has 0 amide bonds. The van der Waals surface area contributed by atoms with Crippen molar-refractivity contribution in [2.24, 2.45) is 0 Å². The molecule has 1 aromatic rings. The van der Waals surface area contributed by atoms with Crippen LogP contribution in [0.5, 0.6) is 0 Å². The SMILES string of the molecule is CCOC(=O)c1ccccc1C(=O)OCC.[Pt]. The molecule has 0 heterocycles. The van der Waals surface area contributed by atoms with Gasteiger partial charge in [-0.2, -0.15) is 0 Å². The summed E-state index contributed by atoms with van der Waals surface area (Å²) in [6, 6.07) is 6.44. The fourth-order valence-electron chi connectivity index (χ4n) is 1.26. The zero-order valence-corrected chi connectivity index (χ0v) is 11.9. The number of hydrogen-bond acceptors (Lipinski definition) is 4. The van der Waals surface area contributed by atoms with Crippen molar-refractivity contribution in [3.05, 3.63) is 35.4 Å². The Bertz CT molecular complexity index is 353. The van der Waals surface area contributed by atoms with E-state index in [2.05, 4.69) is 0 Å². The van der Waals surface area contributed by atoms with Gasteiger partial charge in [0.05, 0.1) is 24.3 Å². The van der Waals surface area contributed by atoms with Crippen LogP contribution < -0.4 is 0 Å². The number of rotatable bonds is 4. The quantitative estimate of drug-likeness (QED) is 0.704. The van der Waals surface area contributed by atoms with Gasteiger partial charge in [0.1, 0.15) is 0 Å². The van der Waals surface area contributed by atoms with Gasteiger partial charge < -0.3 is 9.47 Å². The standard InChI is InChI=1S/C12H14O4.Pt/c1-3-15-11(13)9-7-5-6-8-10(9)12(14)16-4-2;/h5-8H,3-4H2,1-2H3;. The summed E-state index contributed by atoms with van der Waals surface area (Å²) in [7, 11) is 0. The molecule has 0 aromatic heterocycles. The Morgan fingerprint density at radius 1 is 0.941 bits per heavy atom. The number of carbonyl (C=O) groups excluding carboxylic acids is 2. The first-order chi connectivity index (χ1) is 7.70. The predicted octanol–water partition coefficient (Wildman–Crippen LogP) is 2.04. The number of carbonyl (C=O) groups is 2. The summed E-state index contributed by atoms with van der Waals surface area (Å²) in [6.45, 7) is 3.97. The van der Waals surface area contributed by atoms with E-state index in [9.17, 15) is 9.59 Å².